The molecular weight excluding hydrogens is 133 g/mol. The SMILES string of the molecule is O=C(O)c1cocn1.[NaH]. The van der Waals surface area contributed by atoms with Gasteiger partial charge in [0.1, 0.15) is 6.26 Å². The van der Waals surface area contributed by atoms with Gasteiger partial charge in [-0.25, -0.2) is 9.78 Å². The fourth-order valence-electron chi connectivity index (χ4n) is 0.318. The summed E-state index contributed by atoms with van der Waals surface area (Å²) in [6.07, 6.45) is 2.14. The summed E-state index contributed by atoms with van der Waals surface area (Å²) in [6.45, 7) is 0. The molecule has 0 saturated carbocycles. The van der Waals surface area contributed by atoms with Crippen molar-refractivity contribution in [2.75, 3.05) is 0 Å². The van der Waals surface area contributed by atoms with Gasteiger partial charge in [-0.3, -0.25) is 0 Å². The number of hydrogen-bond donors (Lipinski definition) is 1. The Labute approximate surface area is 73.2 Å². The summed E-state index contributed by atoms with van der Waals surface area (Å²) in [5.74, 6) is -1.07. The van der Waals surface area contributed by atoms with E-state index in [9.17, 15) is 4.79 Å². The average Bonchev–Trinajstić information content (AvgIpc) is 2.12. The van der Waals surface area contributed by atoms with E-state index in [2.05, 4.69) is 9.40 Å². The molecule has 0 saturated heterocycles. The molecule has 1 N–H and O–H groups in total. The molecule has 0 aliphatic rings. The predicted molar refractivity (Wildman–Crippen MR) is 30.6 cm³/mol. The van der Waals surface area contributed by atoms with Crippen molar-refractivity contribution in [2.45, 2.75) is 0 Å². The van der Waals surface area contributed by atoms with Crippen LogP contribution in [0.2, 0.25) is 0 Å². The maximum atomic E-state index is 9.94. The van der Waals surface area contributed by atoms with Crippen LogP contribution in [0.25, 0.3) is 0 Å². The maximum absolute atomic E-state index is 9.94. The molecule has 1 aromatic heterocycles. The van der Waals surface area contributed by atoms with E-state index in [0.29, 0.717) is 0 Å². The van der Waals surface area contributed by atoms with Gasteiger partial charge in [0.2, 0.25) is 0 Å². The first-order chi connectivity index (χ1) is 3.80. The van der Waals surface area contributed by atoms with Crippen LogP contribution in [0.15, 0.2) is 17.1 Å². The van der Waals surface area contributed by atoms with Crippen molar-refractivity contribution in [3.05, 3.63) is 18.4 Å². The van der Waals surface area contributed by atoms with Crippen LogP contribution in [0.3, 0.4) is 0 Å². The van der Waals surface area contributed by atoms with Crippen molar-refractivity contribution in [1.82, 2.24) is 4.98 Å². The summed E-state index contributed by atoms with van der Waals surface area (Å²) in [5, 5.41) is 8.15. The third-order valence-corrected chi connectivity index (χ3v) is 0.651. The standard InChI is InChI=1S/C4H3NO3.Na.H/c6-4(7)3-1-8-2-5-3;;/h1-2H,(H,6,7);;. The van der Waals surface area contributed by atoms with Crippen LogP contribution in [-0.4, -0.2) is 45.6 Å². The van der Waals surface area contributed by atoms with Gasteiger partial charge in [0.25, 0.3) is 0 Å². The molecule has 4 nitrogen and oxygen atoms in total. The van der Waals surface area contributed by atoms with Crippen LogP contribution in [0, 0.1) is 0 Å². The molecule has 0 unspecified atom stereocenters. The summed E-state index contributed by atoms with van der Waals surface area (Å²) in [4.78, 5) is 13.3. The van der Waals surface area contributed by atoms with E-state index in [-0.39, 0.29) is 35.3 Å². The molecule has 0 aliphatic heterocycles. The first kappa shape index (κ1) is 8.68. The molecule has 0 atom stereocenters. The molecule has 5 heteroatoms. The number of carbonyl (C=O) groups is 1. The van der Waals surface area contributed by atoms with Gasteiger partial charge in [-0.2, -0.15) is 0 Å². The number of hydrogen-bond acceptors (Lipinski definition) is 3. The summed E-state index contributed by atoms with van der Waals surface area (Å²) in [7, 11) is 0. The molecule has 1 heterocycles. The van der Waals surface area contributed by atoms with Gasteiger partial charge in [-0.15, -0.1) is 0 Å². The molecule has 0 radical (unpaired) electrons. The number of oxazole rings is 1. The normalized spacial score (nSPS) is 8.00. The number of rotatable bonds is 1. The predicted octanol–water partition coefficient (Wildman–Crippen LogP) is -0.276. The molecule has 1 aromatic rings. The quantitative estimate of drug-likeness (QED) is 0.541. The van der Waals surface area contributed by atoms with Gasteiger partial charge in [-0.05, 0) is 0 Å². The van der Waals surface area contributed by atoms with Gasteiger partial charge in [0, 0.05) is 0 Å². The molecule has 0 aromatic carbocycles. The van der Waals surface area contributed by atoms with Crippen LogP contribution < -0.4 is 0 Å². The second kappa shape index (κ2) is 3.66. The first-order valence-electron chi connectivity index (χ1n) is 1.92. The Morgan fingerprint density at radius 2 is 2.44 bits per heavy atom. The van der Waals surface area contributed by atoms with Crippen molar-refractivity contribution in [3.63, 3.8) is 0 Å². The fraction of sp³-hybridized carbons (Fsp3) is 0. The molecule has 0 aliphatic carbocycles. The van der Waals surface area contributed by atoms with Crippen molar-refractivity contribution in [1.29, 1.82) is 0 Å². The average molecular weight is 137 g/mol. The Kier molecular flexibility index (Phi) is 3.53. The second-order valence-electron chi connectivity index (χ2n) is 1.18. The van der Waals surface area contributed by atoms with E-state index in [1.54, 1.807) is 0 Å². The minimum absolute atomic E-state index is 0. The Balaban J connectivity index is 0.000000640. The second-order valence-corrected chi connectivity index (χ2v) is 1.18. The zero-order valence-electron chi connectivity index (χ0n) is 3.87. The first-order valence-corrected chi connectivity index (χ1v) is 1.92. The van der Waals surface area contributed by atoms with Gasteiger partial charge in [0.05, 0.1) is 0 Å². The van der Waals surface area contributed by atoms with Crippen LogP contribution in [-0.2, 0) is 0 Å². The summed E-state index contributed by atoms with van der Waals surface area (Å²) < 4.78 is 4.38. The fourth-order valence-corrected chi connectivity index (χ4v) is 0.318. The van der Waals surface area contributed by atoms with Crippen LogP contribution in [0.1, 0.15) is 10.5 Å². The molecule has 0 spiro atoms. The van der Waals surface area contributed by atoms with E-state index < -0.39 is 5.97 Å². The minimum atomic E-state index is -1.07. The molecule has 44 valence electrons. The van der Waals surface area contributed by atoms with Crippen molar-refractivity contribution >= 4 is 35.5 Å². The Morgan fingerprint density at radius 3 is 2.67 bits per heavy atom. The van der Waals surface area contributed by atoms with Gasteiger partial charge in [0.15, 0.2) is 12.1 Å². The Morgan fingerprint density at radius 1 is 1.78 bits per heavy atom. The van der Waals surface area contributed by atoms with Gasteiger partial charge >= 0.3 is 35.5 Å². The Bertz CT molecular complexity index is 184. The van der Waals surface area contributed by atoms with E-state index in [1.165, 1.54) is 0 Å². The van der Waals surface area contributed by atoms with Gasteiger partial charge in [-0.1, -0.05) is 0 Å². The van der Waals surface area contributed by atoms with Crippen LogP contribution in [0.5, 0.6) is 0 Å². The number of aromatic nitrogens is 1. The summed E-state index contributed by atoms with van der Waals surface area (Å²) in [6, 6.07) is 0. The molecule has 0 bridgehead atoms. The summed E-state index contributed by atoms with van der Waals surface area (Å²) >= 11 is 0. The third-order valence-electron chi connectivity index (χ3n) is 0.651. The van der Waals surface area contributed by atoms with Gasteiger partial charge < -0.3 is 9.52 Å². The zero-order chi connectivity index (χ0) is 5.98. The molecule has 9 heavy (non-hydrogen) atoms. The van der Waals surface area contributed by atoms with E-state index in [0.717, 1.165) is 12.7 Å². The number of nitrogens with zero attached hydrogens (tertiary/aromatic N) is 1. The summed E-state index contributed by atoms with van der Waals surface area (Å²) in [5.41, 5.74) is -0.0648. The number of aromatic carboxylic acids is 1. The van der Waals surface area contributed by atoms with Crippen LogP contribution in [0.4, 0.5) is 0 Å². The molecular formula is C4H4NNaO3. The van der Waals surface area contributed by atoms with Crippen molar-refractivity contribution < 1.29 is 14.3 Å². The van der Waals surface area contributed by atoms with E-state index >= 15 is 0 Å². The zero-order valence-corrected chi connectivity index (χ0v) is 3.87. The van der Waals surface area contributed by atoms with E-state index in [1.807, 2.05) is 0 Å². The van der Waals surface area contributed by atoms with E-state index in [4.69, 9.17) is 5.11 Å². The monoisotopic (exact) mass is 137 g/mol. The Hall–Kier alpha value is -0.320. The number of carboxylic acids is 1. The molecule has 0 amide bonds. The van der Waals surface area contributed by atoms with Crippen molar-refractivity contribution in [3.8, 4) is 0 Å². The van der Waals surface area contributed by atoms with Crippen LogP contribution >= 0.6 is 0 Å². The number of carboxylic acid groups (broad SMARTS) is 1. The topological polar surface area (TPSA) is 63.3 Å². The molecule has 1 rings (SSSR count). The molecule has 0 fully saturated rings. The van der Waals surface area contributed by atoms with Crippen molar-refractivity contribution in [2.24, 2.45) is 0 Å². The third kappa shape index (κ3) is 2.17.